The minimum absolute atomic E-state index is 0.0496. The molecule has 0 atom stereocenters. The average Bonchev–Trinajstić information content (AvgIpc) is 2.31. The molecule has 4 nitrogen and oxygen atoms in total. The highest BCUT2D eigenvalue weighted by atomic mass is 35.5. The van der Waals surface area contributed by atoms with Crippen LogP contribution in [0.5, 0.6) is 0 Å². The molecule has 2 amide bonds. The van der Waals surface area contributed by atoms with Crippen LogP contribution in [0, 0.1) is 0 Å². The molecule has 1 rings (SSSR count). The van der Waals surface area contributed by atoms with Crippen molar-refractivity contribution in [2.24, 2.45) is 0 Å². The molecule has 0 aliphatic rings. The first kappa shape index (κ1) is 15.8. The molecule has 0 saturated heterocycles. The maximum absolute atomic E-state index is 11.7. The molecule has 0 fully saturated rings. The smallest absolute Gasteiger partial charge is 0.240 e. The van der Waals surface area contributed by atoms with Gasteiger partial charge in [-0.1, -0.05) is 30.1 Å². The van der Waals surface area contributed by atoms with E-state index in [1.807, 2.05) is 6.92 Å². The number of halogens is 2. The Morgan fingerprint density at radius 2 is 1.79 bits per heavy atom. The molecule has 0 radical (unpaired) electrons. The van der Waals surface area contributed by atoms with E-state index in [0.717, 1.165) is 6.42 Å². The average molecular weight is 303 g/mol. The van der Waals surface area contributed by atoms with Crippen molar-refractivity contribution in [1.29, 1.82) is 0 Å². The Morgan fingerprint density at radius 3 is 2.26 bits per heavy atom. The fraction of sp³-hybridized carbons (Fsp3) is 0.385. The van der Waals surface area contributed by atoms with Gasteiger partial charge in [0.15, 0.2) is 0 Å². The van der Waals surface area contributed by atoms with E-state index in [1.165, 1.54) is 11.8 Å². The van der Waals surface area contributed by atoms with Gasteiger partial charge in [0.05, 0.1) is 0 Å². The Kier molecular flexibility index (Phi) is 6.12. The molecular formula is C13H16Cl2N2O2. The number of nitrogens with one attached hydrogen (secondary N) is 1. The Hall–Kier alpha value is -1.26. The topological polar surface area (TPSA) is 49.4 Å². The molecule has 0 unspecified atom stereocenters. The summed E-state index contributed by atoms with van der Waals surface area (Å²) in [7, 11) is 0. The van der Waals surface area contributed by atoms with E-state index in [4.69, 9.17) is 23.2 Å². The van der Waals surface area contributed by atoms with E-state index in [1.54, 1.807) is 18.2 Å². The first-order chi connectivity index (χ1) is 8.93. The van der Waals surface area contributed by atoms with Gasteiger partial charge in [0.2, 0.25) is 11.8 Å². The standard InChI is InChI=1S/C13H16Cl2N2O2/c1-3-4-16-13(19)8-17(9(2)18)12-6-10(14)5-11(15)7-12/h5-7H,3-4,8H2,1-2H3,(H,16,19). The predicted octanol–water partition coefficient (Wildman–Crippen LogP) is 2.87. The lowest BCUT2D eigenvalue weighted by Crippen LogP contribution is -2.40. The third kappa shape index (κ3) is 5.09. The maximum atomic E-state index is 11.7. The quantitative estimate of drug-likeness (QED) is 0.909. The lowest BCUT2D eigenvalue weighted by Gasteiger charge is -2.21. The van der Waals surface area contributed by atoms with Gasteiger partial charge in [-0.3, -0.25) is 9.59 Å². The molecule has 0 aliphatic heterocycles. The van der Waals surface area contributed by atoms with E-state index in [-0.39, 0.29) is 18.4 Å². The largest absolute Gasteiger partial charge is 0.355 e. The Labute approximate surface area is 122 Å². The van der Waals surface area contributed by atoms with Crippen LogP contribution in [-0.4, -0.2) is 24.9 Å². The molecular weight excluding hydrogens is 287 g/mol. The summed E-state index contributed by atoms with van der Waals surface area (Å²) in [6, 6.07) is 4.77. The minimum atomic E-state index is -0.245. The number of carbonyl (C=O) groups excluding carboxylic acids is 2. The summed E-state index contributed by atoms with van der Waals surface area (Å²) in [4.78, 5) is 24.7. The zero-order chi connectivity index (χ0) is 14.4. The van der Waals surface area contributed by atoms with Gasteiger partial charge in [0.1, 0.15) is 6.54 Å². The second-order valence-electron chi connectivity index (χ2n) is 4.08. The molecule has 0 bridgehead atoms. The minimum Gasteiger partial charge on any atom is -0.355 e. The maximum Gasteiger partial charge on any atom is 0.240 e. The fourth-order valence-electron chi connectivity index (χ4n) is 1.54. The number of hydrogen-bond acceptors (Lipinski definition) is 2. The summed E-state index contributed by atoms with van der Waals surface area (Å²) in [6.07, 6.45) is 0.842. The van der Waals surface area contributed by atoms with Gasteiger partial charge in [-0.05, 0) is 24.6 Å². The highest BCUT2D eigenvalue weighted by molar-refractivity contribution is 6.35. The third-order valence-electron chi connectivity index (χ3n) is 2.41. The van der Waals surface area contributed by atoms with Crippen LogP contribution >= 0.6 is 23.2 Å². The number of anilines is 1. The van der Waals surface area contributed by atoms with Gasteiger partial charge in [0.25, 0.3) is 0 Å². The van der Waals surface area contributed by atoms with E-state index in [9.17, 15) is 9.59 Å². The van der Waals surface area contributed by atoms with Gasteiger partial charge < -0.3 is 10.2 Å². The van der Waals surface area contributed by atoms with Crippen LogP contribution < -0.4 is 10.2 Å². The summed E-state index contributed by atoms with van der Waals surface area (Å²) < 4.78 is 0. The third-order valence-corrected chi connectivity index (χ3v) is 2.85. The second-order valence-corrected chi connectivity index (χ2v) is 4.96. The number of benzene rings is 1. The molecule has 6 heteroatoms. The van der Waals surface area contributed by atoms with E-state index in [2.05, 4.69) is 5.32 Å². The van der Waals surface area contributed by atoms with Crippen molar-refractivity contribution in [1.82, 2.24) is 5.32 Å². The number of nitrogens with zero attached hydrogens (tertiary/aromatic N) is 1. The Bertz CT molecular complexity index is 457. The van der Waals surface area contributed by atoms with Crippen LogP contribution in [-0.2, 0) is 9.59 Å². The van der Waals surface area contributed by atoms with Crippen molar-refractivity contribution in [3.63, 3.8) is 0 Å². The van der Waals surface area contributed by atoms with Crippen molar-refractivity contribution in [2.75, 3.05) is 18.0 Å². The molecule has 0 aliphatic carbocycles. The number of hydrogen-bond donors (Lipinski definition) is 1. The van der Waals surface area contributed by atoms with Crippen LogP contribution in [0.1, 0.15) is 20.3 Å². The van der Waals surface area contributed by atoms with Crippen LogP contribution in [0.4, 0.5) is 5.69 Å². The van der Waals surface area contributed by atoms with E-state index >= 15 is 0 Å². The van der Waals surface area contributed by atoms with Crippen LogP contribution in [0.15, 0.2) is 18.2 Å². The van der Waals surface area contributed by atoms with Gasteiger partial charge in [-0.2, -0.15) is 0 Å². The predicted molar refractivity (Wildman–Crippen MR) is 77.8 cm³/mol. The first-order valence-corrected chi connectivity index (χ1v) is 6.70. The van der Waals surface area contributed by atoms with Crippen molar-refractivity contribution in [2.45, 2.75) is 20.3 Å². The van der Waals surface area contributed by atoms with E-state index in [0.29, 0.717) is 22.3 Å². The summed E-state index contributed by atoms with van der Waals surface area (Å²) in [6.45, 7) is 3.88. The summed E-state index contributed by atoms with van der Waals surface area (Å²) in [5.74, 6) is -0.460. The highest BCUT2D eigenvalue weighted by Crippen LogP contribution is 2.25. The second kappa shape index (κ2) is 7.36. The van der Waals surface area contributed by atoms with Gasteiger partial charge in [0, 0.05) is 29.2 Å². The fourth-order valence-corrected chi connectivity index (χ4v) is 2.06. The van der Waals surface area contributed by atoms with Crippen LogP contribution in [0.2, 0.25) is 10.0 Å². The van der Waals surface area contributed by atoms with Crippen molar-refractivity contribution in [3.05, 3.63) is 28.2 Å². The summed E-state index contributed by atoms with van der Waals surface area (Å²) in [5.41, 5.74) is 0.511. The van der Waals surface area contributed by atoms with Gasteiger partial charge in [-0.25, -0.2) is 0 Å². The molecule has 1 N–H and O–H groups in total. The van der Waals surface area contributed by atoms with Crippen molar-refractivity contribution >= 4 is 40.7 Å². The van der Waals surface area contributed by atoms with Gasteiger partial charge >= 0.3 is 0 Å². The highest BCUT2D eigenvalue weighted by Gasteiger charge is 2.16. The summed E-state index contributed by atoms with van der Waals surface area (Å²) in [5, 5.41) is 3.56. The Balaban J connectivity index is 2.88. The molecule has 0 aromatic heterocycles. The zero-order valence-electron chi connectivity index (χ0n) is 10.9. The lowest BCUT2D eigenvalue weighted by atomic mass is 10.2. The molecule has 19 heavy (non-hydrogen) atoms. The van der Waals surface area contributed by atoms with Crippen molar-refractivity contribution < 1.29 is 9.59 Å². The Morgan fingerprint density at radius 1 is 1.21 bits per heavy atom. The molecule has 0 saturated carbocycles. The van der Waals surface area contributed by atoms with Crippen molar-refractivity contribution in [3.8, 4) is 0 Å². The number of rotatable bonds is 5. The van der Waals surface area contributed by atoms with Crippen LogP contribution in [0.3, 0.4) is 0 Å². The summed E-state index contributed by atoms with van der Waals surface area (Å²) >= 11 is 11.8. The van der Waals surface area contributed by atoms with Gasteiger partial charge in [-0.15, -0.1) is 0 Å². The zero-order valence-corrected chi connectivity index (χ0v) is 12.4. The number of amides is 2. The number of carbonyl (C=O) groups is 2. The molecule has 0 heterocycles. The first-order valence-electron chi connectivity index (χ1n) is 5.95. The SMILES string of the molecule is CCCNC(=O)CN(C(C)=O)c1cc(Cl)cc(Cl)c1. The monoisotopic (exact) mass is 302 g/mol. The molecule has 1 aromatic carbocycles. The normalized spacial score (nSPS) is 10.1. The lowest BCUT2D eigenvalue weighted by molar-refractivity contribution is -0.123. The molecule has 104 valence electrons. The van der Waals surface area contributed by atoms with E-state index < -0.39 is 0 Å². The van der Waals surface area contributed by atoms with Crippen LogP contribution in [0.25, 0.3) is 0 Å². The molecule has 0 spiro atoms. The molecule has 1 aromatic rings.